The van der Waals surface area contributed by atoms with Gasteiger partial charge in [0.05, 0.1) is 0 Å². The molecule has 0 radical (unpaired) electrons. The summed E-state index contributed by atoms with van der Waals surface area (Å²) in [6.45, 7) is 9.22. The Labute approximate surface area is 90.6 Å². The summed E-state index contributed by atoms with van der Waals surface area (Å²) in [7, 11) is 0. The molecule has 0 spiro atoms. The molecule has 0 saturated carbocycles. The largest absolute Gasteiger partial charge is 0.329 e. The number of nitrogens with zero attached hydrogens (tertiary/aromatic N) is 3. The van der Waals surface area contributed by atoms with Crippen molar-refractivity contribution >= 4 is 12.1 Å². The summed E-state index contributed by atoms with van der Waals surface area (Å²) in [4.78, 5) is 28.4. The summed E-state index contributed by atoms with van der Waals surface area (Å²) >= 11 is 0. The smallest absolute Gasteiger partial charge is 0.304 e. The van der Waals surface area contributed by atoms with Gasteiger partial charge in [0.25, 0.3) is 0 Å². The molecule has 1 aliphatic rings. The second-order valence-electron chi connectivity index (χ2n) is 3.51. The summed E-state index contributed by atoms with van der Waals surface area (Å²) in [5.41, 5.74) is 0. The summed E-state index contributed by atoms with van der Waals surface area (Å²) in [6, 6.07) is -0.357. The van der Waals surface area contributed by atoms with E-state index in [1.807, 2.05) is 27.7 Å². The first-order valence-electron chi connectivity index (χ1n) is 5.47. The Morgan fingerprint density at radius 3 is 1.60 bits per heavy atom. The zero-order valence-electron chi connectivity index (χ0n) is 9.86. The molecule has 0 unspecified atom stereocenters. The number of hydrogen-bond acceptors (Lipinski definition) is 2. The lowest BCUT2D eigenvalue weighted by Gasteiger charge is -2.45. The fourth-order valence-electron chi connectivity index (χ4n) is 1.95. The maximum absolute atomic E-state index is 11.9. The molecular formula is C10H19N3O2. The van der Waals surface area contributed by atoms with Crippen molar-refractivity contribution in [3.63, 3.8) is 0 Å². The van der Waals surface area contributed by atoms with Gasteiger partial charge in [0.1, 0.15) is 6.17 Å². The van der Waals surface area contributed by atoms with Crippen LogP contribution in [0.2, 0.25) is 0 Å². The van der Waals surface area contributed by atoms with E-state index in [4.69, 9.17) is 0 Å². The Kier molecular flexibility index (Phi) is 3.55. The van der Waals surface area contributed by atoms with Crippen LogP contribution in [0, 0.1) is 0 Å². The van der Waals surface area contributed by atoms with E-state index in [0.717, 1.165) is 0 Å². The first-order chi connectivity index (χ1) is 7.08. The highest BCUT2D eigenvalue weighted by Gasteiger charge is 2.39. The van der Waals surface area contributed by atoms with E-state index in [-0.39, 0.29) is 18.2 Å². The third-order valence-electron chi connectivity index (χ3n) is 2.85. The molecule has 1 fully saturated rings. The van der Waals surface area contributed by atoms with Crippen molar-refractivity contribution in [2.45, 2.75) is 33.9 Å². The lowest BCUT2D eigenvalue weighted by atomic mass is 10.3. The van der Waals surface area contributed by atoms with Gasteiger partial charge in [0.15, 0.2) is 0 Å². The Morgan fingerprint density at radius 1 is 0.933 bits per heavy atom. The van der Waals surface area contributed by atoms with Crippen molar-refractivity contribution in [1.82, 2.24) is 14.7 Å². The molecule has 1 rings (SSSR count). The van der Waals surface area contributed by atoms with Crippen molar-refractivity contribution in [2.75, 3.05) is 19.6 Å². The number of carbonyl (C=O) groups excluding carboxylic acids is 2. The third kappa shape index (κ3) is 1.78. The SMILES string of the molecule is CCN1C(=O)N(CC)C(C)N(CC)C1=O. The van der Waals surface area contributed by atoms with E-state index in [1.165, 1.54) is 4.90 Å². The summed E-state index contributed by atoms with van der Waals surface area (Å²) in [6.07, 6.45) is -0.136. The lowest BCUT2D eigenvalue weighted by molar-refractivity contribution is 0.0441. The molecule has 0 aliphatic carbocycles. The van der Waals surface area contributed by atoms with Crippen molar-refractivity contribution in [3.8, 4) is 0 Å². The highest BCUT2D eigenvalue weighted by Crippen LogP contribution is 2.18. The highest BCUT2D eigenvalue weighted by atomic mass is 16.2. The summed E-state index contributed by atoms with van der Waals surface area (Å²) in [5.74, 6) is 0. The average molecular weight is 213 g/mol. The van der Waals surface area contributed by atoms with Crippen LogP contribution in [0.5, 0.6) is 0 Å². The van der Waals surface area contributed by atoms with Gasteiger partial charge in [-0.05, 0) is 27.7 Å². The van der Waals surface area contributed by atoms with Crippen molar-refractivity contribution in [3.05, 3.63) is 0 Å². The minimum absolute atomic E-state index is 0.136. The quantitative estimate of drug-likeness (QED) is 0.714. The summed E-state index contributed by atoms with van der Waals surface area (Å²) in [5, 5.41) is 0. The van der Waals surface area contributed by atoms with Gasteiger partial charge in [0, 0.05) is 19.6 Å². The van der Waals surface area contributed by atoms with Gasteiger partial charge < -0.3 is 9.80 Å². The van der Waals surface area contributed by atoms with Gasteiger partial charge in [0.2, 0.25) is 0 Å². The average Bonchev–Trinajstić information content (AvgIpc) is 2.19. The predicted octanol–water partition coefficient (Wildman–Crippen LogP) is 1.55. The fourth-order valence-corrected chi connectivity index (χ4v) is 1.95. The zero-order valence-corrected chi connectivity index (χ0v) is 9.86. The van der Waals surface area contributed by atoms with E-state index >= 15 is 0 Å². The molecule has 0 bridgehead atoms. The number of urea groups is 2. The molecule has 1 heterocycles. The minimum Gasteiger partial charge on any atom is -0.304 e. The number of amides is 4. The Balaban J connectivity index is 2.98. The Bertz CT molecular complexity index is 243. The monoisotopic (exact) mass is 213 g/mol. The molecule has 0 aromatic heterocycles. The molecule has 86 valence electrons. The third-order valence-corrected chi connectivity index (χ3v) is 2.85. The molecular weight excluding hydrogens is 194 g/mol. The van der Waals surface area contributed by atoms with Gasteiger partial charge in [-0.25, -0.2) is 14.5 Å². The second kappa shape index (κ2) is 4.51. The maximum Gasteiger partial charge on any atom is 0.329 e. The molecule has 0 aromatic carbocycles. The van der Waals surface area contributed by atoms with Gasteiger partial charge >= 0.3 is 12.1 Å². The number of imide groups is 1. The predicted molar refractivity (Wildman–Crippen MR) is 57.4 cm³/mol. The highest BCUT2D eigenvalue weighted by molar-refractivity contribution is 5.96. The van der Waals surface area contributed by atoms with Crippen LogP contribution in [0.25, 0.3) is 0 Å². The number of carbonyl (C=O) groups is 2. The molecule has 5 heteroatoms. The van der Waals surface area contributed by atoms with Gasteiger partial charge in [-0.2, -0.15) is 0 Å². The number of rotatable bonds is 3. The maximum atomic E-state index is 11.9. The van der Waals surface area contributed by atoms with E-state index < -0.39 is 0 Å². The molecule has 1 saturated heterocycles. The van der Waals surface area contributed by atoms with E-state index in [0.29, 0.717) is 19.6 Å². The van der Waals surface area contributed by atoms with Gasteiger partial charge in [-0.3, -0.25) is 0 Å². The standard InChI is InChI=1S/C10H19N3O2/c1-5-11-8(4)12(6-2)10(15)13(7-3)9(11)14/h8H,5-7H2,1-4H3. The second-order valence-corrected chi connectivity index (χ2v) is 3.51. The van der Waals surface area contributed by atoms with Gasteiger partial charge in [-0.1, -0.05) is 0 Å². The molecule has 1 aliphatic heterocycles. The van der Waals surface area contributed by atoms with E-state index in [9.17, 15) is 9.59 Å². The van der Waals surface area contributed by atoms with Crippen LogP contribution >= 0.6 is 0 Å². The van der Waals surface area contributed by atoms with Crippen LogP contribution in [0.15, 0.2) is 0 Å². The van der Waals surface area contributed by atoms with Crippen molar-refractivity contribution in [1.29, 1.82) is 0 Å². The van der Waals surface area contributed by atoms with Crippen molar-refractivity contribution < 1.29 is 9.59 Å². The van der Waals surface area contributed by atoms with Crippen LogP contribution in [-0.4, -0.2) is 52.6 Å². The van der Waals surface area contributed by atoms with Crippen LogP contribution in [0.3, 0.4) is 0 Å². The topological polar surface area (TPSA) is 43.9 Å². The minimum atomic E-state index is -0.179. The fraction of sp³-hybridized carbons (Fsp3) is 0.800. The molecule has 0 atom stereocenters. The molecule has 5 nitrogen and oxygen atoms in total. The lowest BCUT2D eigenvalue weighted by Crippen LogP contribution is -2.65. The molecule has 0 aromatic rings. The first kappa shape index (κ1) is 11.8. The zero-order chi connectivity index (χ0) is 11.6. The van der Waals surface area contributed by atoms with Crippen molar-refractivity contribution in [2.24, 2.45) is 0 Å². The molecule has 15 heavy (non-hydrogen) atoms. The van der Waals surface area contributed by atoms with Crippen LogP contribution < -0.4 is 0 Å². The van der Waals surface area contributed by atoms with Gasteiger partial charge in [-0.15, -0.1) is 0 Å². The van der Waals surface area contributed by atoms with Crippen LogP contribution in [0.1, 0.15) is 27.7 Å². The molecule has 0 N–H and O–H groups in total. The van der Waals surface area contributed by atoms with E-state index in [2.05, 4.69) is 0 Å². The Morgan fingerprint density at radius 2 is 1.33 bits per heavy atom. The van der Waals surface area contributed by atoms with Crippen LogP contribution in [-0.2, 0) is 0 Å². The number of hydrogen-bond donors (Lipinski definition) is 0. The van der Waals surface area contributed by atoms with E-state index in [1.54, 1.807) is 9.80 Å². The normalized spacial score (nSPS) is 19.1. The molecule has 4 amide bonds. The van der Waals surface area contributed by atoms with Crippen LogP contribution in [0.4, 0.5) is 9.59 Å². The summed E-state index contributed by atoms with van der Waals surface area (Å²) < 4.78 is 0. The Hall–Kier alpha value is -1.26. The first-order valence-corrected chi connectivity index (χ1v) is 5.47.